The van der Waals surface area contributed by atoms with E-state index in [9.17, 15) is 9.59 Å². The molecule has 150 valence electrons. The van der Waals surface area contributed by atoms with Crippen LogP contribution in [0.5, 0.6) is 0 Å². The summed E-state index contributed by atoms with van der Waals surface area (Å²) in [6.45, 7) is 4.49. The van der Waals surface area contributed by atoms with Crippen molar-refractivity contribution in [3.8, 4) is 0 Å². The van der Waals surface area contributed by atoms with E-state index in [1.54, 1.807) is 15.8 Å². The Morgan fingerprint density at radius 3 is 2.61 bits per heavy atom. The number of amides is 2. The minimum atomic E-state index is -0.525. The van der Waals surface area contributed by atoms with Crippen molar-refractivity contribution in [2.45, 2.75) is 38.3 Å². The molecule has 9 heteroatoms. The molecule has 2 aliphatic rings. The van der Waals surface area contributed by atoms with E-state index in [1.165, 1.54) is 0 Å². The summed E-state index contributed by atoms with van der Waals surface area (Å²) in [5.74, 6) is -0.433. The van der Waals surface area contributed by atoms with Gasteiger partial charge in [-0.1, -0.05) is 22.9 Å². The van der Waals surface area contributed by atoms with E-state index in [1.807, 2.05) is 31.2 Å². The van der Waals surface area contributed by atoms with Crippen molar-refractivity contribution in [2.75, 3.05) is 24.5 Å². The van der Waals surface area contributed by atoms with Crippen LogP contribution in [0, 0.1) is 6.92 Å². The third-order valence-electron chi connectivity index (χ3n) is 5.28. The Hall–Kier alpha value is -2.45. The van der Waals surface area contributed by atoms with Gasteiger partial charge in [0.2, 0.25) is 5.91 Å². The topological polar surface area (TPSA) is 92.2 Å². The molecule has 2 aromatic rings. The number of benzene rings is 1. The van der Waals surface area contributed by atoms with Crippen LogP contribution in [0.25, 0.3) is 0 Å². The van der Waals surface area contributed by atoms with Crippen molar-refractivity contribution in [2.24, 2.45) is 0 Å². The monoisotopic (exact) mass is 404 g/mol. The van der Waals surface area contributed by atoms with Crippen molar-refractivity contribution in [3.63, 3.8) is 0 Å². The Bertz CT molecular complexity index is 831. The number of nitrogens with zero attached hydrogens (tertiary/aromatic N) is 4. The lowest BCUT2D eigenvalue weighted by molar-refractivity contribution is -0.118. The van der Waals surface area contributed by atoms with Crippen molar-refractivity contribution >= 4 is 29.9 Å². The summed E-state index contributed by atoms with van der Waals surface area (Å²) in [5.41, 5.74) is 2.27. The molecule has 1 unspecified atom stereocenters. The molecular weight excluding hydrogens is 380 g/mol. The number of nitrogens with one attached hydrogen (secondary N) is 2. The van der Waals surface area contributed by atoms with Crippen molar-refractivity contribution in [1.82, 2.24) is 25.6 Å². The smallest absolute Gasteiger partial charge is 0.274 e. The predicted octanol–water partition coefficient (Wildman–Crippen LogP) is 1.47. The number of hydrogen-bond donors (Lipinski definition) is 2. The van der Waals surface area contributed by atoms with Gasteiger partial charge < -0.3 is 15.5 Å². The summed E-state index contributed by atoms with van der Waals surface area (Å²) in [6, 6.07) is 7.57. The number of rotatable bonds is 4. The number of anilines is 1. The first-order valence-electron chi connectivity index (χ1n) is 9.43. The fourth-order valence-electron chi connectivity index (χ4n) is 3.66. The van der Waals surface area contributed by atoms with E-state index < -0.39 is 6.04 Å². The van der Waals surface area contributed by atoms with E-state index in [-0.39, 0.29) is 36.0 Å². The van der Waals surface area contributed by atoms with Gasteiger partial charge in [-0.15, -0.1) is 17.5 Å². The highest BCUT2D eigenvalue weighted by Crippen LogP contribution is 2.22. The molecule has 1 aromatic heterocycles. The average Bonchev–Trinajstić information content (AvgIpc) is 3.31. The second kappa shape index (κ2) is 8.70. The third-order valence-corrected chi connectivity index (χ3v) is 5.28. The highest BCUT2D eigenvalue weighted by Gasteiger charge is 2.34. The highest BCUT2D eigenvalue weighted by atomic mass is 35.5. The first-order chi connectivity index (χ1) is 13.1. The fourth-order valence-corrected chi connectivity index (χ4v) is 3.66. The Balaban J connectivity index is 0.00000225. The molecule has 0 bridgehead atoms. The molecule has 2 amide bonds. The fraction of sp³-hybridized carbons (Fsp3) is 0.474. The average molecular weight is 405 g/mol. The van der Waals surface area contributed by atoms with Gasteiger partial charge in [-0.3, -0.25) is 9.59 Å². The normalized spacial score (nSPS) is 20.1. The maximum atomic E-state index is 12.7. The van der Waals surface area contributed by atoms with Gasteiger partial charge in [-0.25, -0.2) is 4.68 Å². The number of carbonyl (C=O) groups is 2. The maximum absolute atomic E-state index is 12.7. The number of halogens is 1. The lowest BCUT2D eigenvalue weighted by atomic mass is 10.1. The van der Waals surface area contributed by atoms with E-state index in [4.69, 9.17) is 0 Å². The molecule has 1 aromatic carbocycles. The number of aryl methyl sites for hydroxylation is 1. The summed E-state index contributed by atoms with van der Waals surface area (Å²) in [4.78, 5) is 26.9. The zero-order valence-corrected chi connectivity index (χ0v) is 16.6. The lowest BCUT2D eigenvalue weighted by Gasteiger charge is -2.22. The minimum Gasteiger partial charge on any atom is -0.339 e. The molecule has 8 nitrogen and oxygen atoms in total. The summed E-state index contributed by atoms with van der Waals surface area (Å²) in [5, 5.41) is 14.2. The molecule has 3 heterocycles. The molecule has 0 aliphatic carbocycles. The van der Waals surface area contributed by atoms with Crippen LogP contribution in [-0.2, 0) is 4.79 Å². The van der Waals surface area contributed by atoms with Crippen LogP contribution in [0.15, 0.2) is 30.5 Å². The minimum absolute atomic E-state index is 0. The summed E-state index contributed by atoms with van der Waals surface area (Å²) in [7, 11) is 0. The van der Waals surface area contributed by atoms with E-state index in [0.717, 1.165) is 37.2 Å². The van der Waals surface area contributed by atoms with E-state index >= 15 is 0 Å². The Labute approximate surface area is 170 Å². The maximum Gasteiger partial charge on any atom is 0.274 e. The van der Waals surface area contributed by atoms with Gasteiger partial charge >= 0.3 is 0 Å². The van der Waals surface area contributed by atoms with Crippen LogP contribution < -0.4 is 15.5 Å². The SMILES string of the molecule is Cc1ccc(N2CCC(NC(=O)c3cn(C4CCNCC4)nn3)C2=O)cc1.Cl. The third kappa shape index (κ3) is 4.18. The van der Waals surface area contributed by atoms with Crippen LogP contribution in [0.1, 0.15) is 41.4 Å². The standard InChI is InChI=1S/C19H24N6O2.ClH/c1-13-2-4-14(5-3-13)24-11-8-16(19(24)27)21-18(26)17-12-25(23-22-17)15-6-9-20-10-7-15;/h2-5,12,15-16,20H,6-11H2,1H3,(H,21,26);1H. The van der Waals surface area contributed by atoms with Crippen LogP contribution in [0.3, 0.4) is 0 Å². The lowest BCUT2D eigenvalue weighted by Crippen LogP contribution is -2.41. The van der Waals surface area contributed by atoms with Gasteiger partial charge in [-0.05, 0) is 51.4 Å². The Kier molecular flexibility index (Phi) is 6.31. The second-order valence-electron chi connectivity index (χ2n) is 7.21. The van der Waals surface area contributed by atoms with Gasteiger partial charge in [0.05, 0.1) is 12.2 Å². The number of piperidine rings is 1. The zero-order chi connectivity index (χ0) is 18.8. The number of carbonyl (C=O) groups excluding carboxylic acids is 2. The molecule has 0 saturated carbocycles. The van der Waals surface area contributed by atoms with E-state index in [0.29, 0.717) is 13.0 Å². The Morgan fingerprint density at radius 1 is 1.18 bits per heavy atom. The first-order valence-corrected chi connectivity index (χ1v) is 9.43. The summed E-state index contributed by atoms with van der Waals surface area (Å²) < 4.78 is 1.77. The first kappa shape index (κ1) is 20.3. The largest absolute Gasteiger partial charge is 0.339 e. The van der Waals surface area contributed by atoms with Crippen LogP contribution in [0.2, 0.25) is 0 Å². The molecular formula is C19H25ClN6O2. The molecule has 28 heavy (non-hydrogen) atoms. The highest BCUT2D eigenvalue weighted by molar-refractivity contribution is 6.03. The zero-order valence-electron chi connectivity index (χ0n) is 15.8. The molecule has 0 spiro atoms. The van der Waals surface area contributed by atoms with Crippen molar-refractivity contribution in [3.05, 3.63) is 41.7 Å². The van der Waals surface area contributed by atoms with Crippen LogP contribution >= 0.6 is 12.4 Å². The number of aromatic nitrogens is 3. The molecule has 2 fully saturated rings. The van der Waals surface area contributed by atoms with Crippen molar-refractivity contribution < 1.29 is 9.59 Å². The molecule has 2 saturated heterocycles. The molecule has 0 radical (unpaired) electrons. The van der Waals surface area contributed by atoms with E-state index in [2.05, 4.69) is 20.9 Å². The molecule has 2 aliphatic heterocycles. The summed E-state index contributed by atoms with van der Waals surface area (Å²) in [6.07, 6.45) is 4.21. The van der Waals surface area contributed by atoms with Crippen molar-refractivity contribution in [1.29, 1.82) is 0 Å². The Morgan fingerprint density at radius 2 is 1.89 bits per heavy atom. The summed E-state index contributed by atoms with van der Waals surface area (Å²) >= 11 is 0. The van der Waals surface area contributed by atoms with Gasteiger partial charge in [-0.2, -0.15) is 0 Å². The molecule has 2 N–H and O–H groups in total. The van der Waals surface area contributed by atoms with Gasteiger partial charge in [0.1, 0.15) is 6.04 Å². The second-order valence-corrected chi connectivity index (χ2v) is 7.21. The van der Waals surface area contributed by atoms with Gasteiger partial charge in [0.15, 0.2) is 5.69 Å². The molecule has 1 atom stereocenters. The van der Waals surface area contributed by atoms with Gasteiger partial charge in [0.25, 0.3) is 5.91 Å². The van der Waals surface area contributed by atoms with Crippen LogP contribution in [0.4, 0.5) is 5.69 Å². The quantitative estimate of drug-likeness (QED) is 0.805. The number of hydrogen-bond acceptors (Lipinski definition) is 5. The molecule has 4 rings (SSSR count). The van der Waals surface area contributed by atoms with Gasteiger partial charge in [0, 0.05) is 12.2 Å². The van der Waals surface area contributed by atoms with Crippen LogP contribution in [-0.4, -0.2) is 52.5 Å². The predicted molar refractivity (Wildman–Crippen MR) is 108 cm³/mol.